The van der Waals surface area contributed by atoms with Crippen LogP contribution in [-0.2, 0) is 0 Å². The number of benzene rings is 2. The van der Waals surface area contributed by atoms with Crippen LogP contribution in [0.5, 0.6) is 0 Å². The topological polar surface area (TPSA) is 12.0 Å². The second kappa shape index (κ2) is 3.57. The summed E-state index contributed by atoms with van der Waals surface area (Å²) < 4.78 is 2.77. The normalized spacial score (nSPS) is 12.6. The van der Waals surface area contributed by atoms with Crippen molar-refractivity contribution >= 4 is 46.9 Å². The first kappa shape index (κ1) is 9.29. The Morgan fingerprint density at radius 1 is 0.933 bits per heavy atom. The van der Waals surface area contributed by atoms with Crippen LogP contribution >= 0.6 is 11.6 Å². The summed E-state index contributed by atoms with van der Waals surface area (Å²) >= 11 is 6.36. The van der Waals surface area contributed by atoms with Crippen LogP contribution in [-0.4, -0.2) is 15.0 Å². The fraction of sp³-hybridized carbons (Fsp3) is 0. The Labute approximate surface area is 99.6 Å². The zero-order chi connectivity index (χ0) is 10.3. The number of fused-ring (bicyclic) bond motifs is 2. The van der Waals surface area contributed by atoms with E-state index in [-0.39, 0.29) is 0 Å². The van der Waals surface area contributed by atoms with Crippen LogP contribution in [0.4, 0.5) is 11.4 Å². The van der Waals surface area contributed by atoms with Gasteiger partial charge in [0.2, 0.25) is 0 Å². The van der Waals surface area contributed by atoms with Gasteiger partial charge < -0.3 is 0 Å². The average molecular weight is 281 g/mol. The summed E-state index contributed by atoms with van der Waals surface area (Å²) in [6.07, 6.45) is 0. The molecule has 0 saturated heterocycles. The van der Waals surface area contributed by atoms with Gasteiger partial charge in [-0.05, 0) is 0 Å². The van der Waals surface area contributed by atoms with E-state index in [9.17, 15) is 0 Å². The molecular weight excluding hydrogens is 273 g/mol. The standard InChI is InChI=1S/C12H8ClNSe/c13-8-5-6-12-10(7-8)14-9-3-1-2-4-11(9)15-12/h1-7,14H. The van der Waals surface area contributed by atoms with Crippen molar-refractivity contribution in [2.45, 2.75) is 0 Å². The molecular formula is C12H8ClNSe. The molecule has 74 valence electrons. The third-order valence-electron chi connectivity index (χ3n) is 2.32. The van der Waals surface area contributed by atoms with Gasteiger partial charge in [-0.25, -0.2) is 0 Å². The van der Waals surface area contributed by atoms with Crippen molar-refractivity contribution in [2.24, 2.45) is 0 Å². The minimum atomic E-state index is 0.391. The first-order valence-electron chi connectivity index (χ1n) is 4.66. The number of nitrogens with one attached hydrogen (secondary N) is 1. The second-order valence-corrected chi connectivity index (χ2v) is 6.07. The number of anilines is 2. The Hall–Kier alpha value is -0.951. The third-order valence-corrected chi connectivity index (χ3v) is 4.97. The van der Waals surface area contributed by atoms with Gasteiger partial charge in [0.1, 0.15) is 0 Å². The molecule has 0 aromatic heterocycles. The molecule has 0 unspecified atom stereocenters. The summed E-state index contributed by atoms with van der Waals surface area (Å²) in [5.41, 5.74) is 2.37. The maximum atomic E-state index is 5.97. The van der Waals surface area contributed by atoms with Gasteiger partial charge in [-0.15, -0.1) is 0 Å². The van der Waals surface area contributed by atoms with Gasteiger partial charge in [-0.2, -0.15) is 0 Å². The van der Waals surface area contributed by atoms with E-state index in [0.29, 0.717) is 15.0 Å². The van der Waals surface area contributed by atoms with Crippen LogP contribution in [0.15, 0.2) is 42.5 Å². The van der Waals surface area contributed by atoms with Crippen LogP contribution in [0.1, 0.15) is 0 Å². The Morgan fingerprint density at radius 2 is 1.73 bits per heavy atom. The summed E-state index contributed by atoms with van der Waals surface area (Å²) in [6.45, 7) is 0. The van der Waals surface area contributed by atoms with Gasteiger partial charge in [0.05, 0.1) is 0 Å². The zero-order valence-electron chi connectivity index (χ0n) is 7.83. The summed E-state index contributed by atoms with van der Waals surface area (Å²) in [6, 6.07) is 14.5. The quantitative estimate of drug-likeness (QED) is 0.622. The summed E-state index contributed by atoms with van der Waals surface area (Å²) in [5, 5.41) is 4.20. The van der Waals surface area contributed by atoms with E-state index in [0.717, 1.165) is 10.7 Å². The molecule has 0 fully saturated rings. The SMILES string of the molecule is Clc1ccc2c(c1)Nc1ccccc1[Se]2. The van der Waals surface area contributed by atoms with Crippen molar-refractivity contribution in [1.29, 1.82) is 0 Å². The van der Waals surface area contributed by atoms with E-state index >= 15 is 0 Å². The zero-order valence-corrected chi connectivity index (χ0v) is 10.3. The molecule has 0 amide bonds. The molecule has 0 bridgehead atoms. The van der Waals surface area contributed by atoms with E-state index in [1.54, 1.807) is 0 Å². The van der Waals surface area contributed by atoms with Gasteiger partial charge in [0.25, 0.3) is 0 Å². The molecule has 0 saturated carbocycles. The number of halogens is 1. The van der Waals surface area contributed by atoms with Gasteiger partial charge in [0.15, 0.2) is 0 Å². The average Bonchev–Trinajstić information content (AvgIpc) is 2.26. The molecule has 15 heavy (non-hydrogen) atoms. The summed E-state index contributed by atoms with van der Waals surface area (Å²) in [5.74, 6) is 0. The molecule has 1 nitrogen and oxygen atoms in total. The number of rotatable bonds is 0. The Kier molecular flexibility index (Phi) is 2.21. The molecule has 1 aliphatic rings. The summed E-state index contributed by atoms with van der Waals surface area (Å²) in [7, 11) is 0. The number of hydrogen-bond acceptors (Lipinski definition) is 1. The monoisotopic (exact) mass is 281 g/mol. The molecule has 0 aliphatic carbocycles. The Bertz CT molecular complexity index is 525. The first-order valence-corrected chi connectivity index (χ1v) is 6.75. The molecule has 1 heterocycles. The van der Waals surface area contributed by atoms with Crippen LogP contribution in [0.25, 0.3) is 0 Å². The van der Waals surface area contributed by atoms with Crippen molar-refractivity contribution in [2.75, 3.05) is 5.32 Å². The van der Waals surface area contributed by atoms with Crippen molar-refractivity contribution in [3.05, 3.63) is 47.5 Å². The maximum absolute atomic E-state index is 5.97. The van der Waals surface area contributed by atoms with Gasteiger partial charge in [0, 0.05) is 0 Å². The predicted molar refractivity (Wildman–Crippen MR) is 66.2 cm³/mol. The molecule has 3 heteroatoms. The van der Waals surface area contributed by atoms with E-state index in [1.165, 1.54) is 14.6 Å². The fourth-order valence-corrected chi connectivity index (χ4v) is 3.82. The van der Waals surface area contributed by atoms with Crippen molar-refractivity contribution < 1.29 is 0 Å². The Morgan fingerprint density at radius 3 is 2.67 bits per heavy atom. The van der Waals surface area contributed by atoms with Gasteiger partial charge in [-0.1, -0.05) is 0 Å². The second-order valence-electron chi connectivity index (χ2n) is 3.36. The third kappa shape index (κ3) is 1.65. The molecule has 2 aromatic rings. The molecule has 1 N–H and O–H groups in total. The predicted octanol–water partition coefficient (Wildman–Crippen LogP) is 2.05. The minimum absolute atomic E-state index is 0.391. The van der Waals surface area contributed by atoms with E-state index in [2.05, 4.69) is 35.6 Å². The van der Waals surface area contributed by atoms with Crippen LogP contribution in [0, 0.1) is 0 Å². The van der Waals surface area contributed by atoms with Crippen molar-refractivity contribution in [3.63, 3.8) is 0 Å². The molecule has 0 atom stereocenters. The van der Waals surface area contributed by atoms with E-state index in [4.69, 9.17) is 11.6 Å². The van der Waals surface area contributed by atoms with Crippen LogP contribution in [0.2, 0.25) is 5.02 Å². The fourth-order valence-electron chi connectivity index (χ4n) is 1.61. The van der Waals surface area contributed by atoms with Crippen LogP contribution in [0.3, 0.4) is 0 Å². The number of para-hydroxylation sites is 1. The molecule has 0 radical (unpaired) electrons. The first-order chi connectivity index (χ1) is 7.33. The molecule has 0 spiro atoms. The van der Waals surface area contributed by atoms with E-state index < -0.39 is 0 Å². The molecule has 3 rings (SSSR count). The Balaban J connectivity index is 2.11. The molecule has 2 aromatic carbocycles. The van der Waals surface area contributed by atoms with Crippen LogP contribution < -0.4 is 14.2 Å². The summed E-state index contributed by atoms with van der Waals surface area (Å²) in [4.78, 5) is 0. The molecule has 1 aliphatic heterocycles. The van der Waals surface area contributed by atoms with Crippen molar-refractivity contribution in [1.82, 2.24) is 0 Å². The van der Waals surface area contributed by atoms with Gasteiger partial charge >= 0.3 is 99.7 Å². The number of hydrogen-bond donors (Lipinski definition) is 1. The van der Waals surface area contributed by atoms with Gasteiger partial charge in [-0.3, -0.25) is 0 Å². The van der Waals surface area contributed by atoms with Crippen molar-refractivity contribution in [3.8, 4) is 0 Å². The van der Waals surface area contributed by atoms with E-state index in [1.807, 2.05) is 12.1 Å².